The van der Waals surface area contributed by atoms with Gasteiger partial charge in [0.15, 0.2) is 0 Å². The topological polar surface area (TPSA) is 52.3 Å². The largest absolute Gasteiger partial charge is 0.469 e. The van der Waals surface area contributed by atoms with Gasteiger partial charge in [0.25, 0.3) is 0 Å². The highest BCUT2D eigenvalue weighted by Crippen LogP contribution is 2.30. The summed E-state index contributed by atoms with van der Waals surface area (Å²) in [5.41, 5.74) is 7.10. The molecule has 0 amide bonds. The van der Waals surface area contributed by atoms with Crippen LogP contribution in [0.3, 0.4) is 0 Å². The molecule has 0 fully saturated rings. The van der Waals surface area contributed by atoms with Crippen molar-refractivity contribution in [3.05, 3.63) is 26.6 Å². The van der Waals surface area contributed by atoms with Crippen LogP contribution in [-0.2, 0) is 16.0 Å². The van der Waals surface area contributed by atoms with Crippen molar-refractivity contribution in [1.29, 1.82) is 0 Å². The van der Waals surface area contributed by atoms with E-state index >= 15 is 0 Å². The van der Waals surface area contributed by atoms with E-state index in [2.05, 4.69) is 36.6 Å². The number of carbonyl (C=O) groups is 1. The van der Waals surface area contributed by atoms with Gasteiger partial charge in [-0.1, -0.05) is 15.9 Å². The van der Waals surface area contributed by atoms with Crippen LogP contribution in [0, 0.1) is 0 Å². The first-order valence-electron chi connectivity index (χ1n) is 3.85. The molecule has 1 aromatic carbocycles. The highest BCUT2D eigenvalue weighted by atomic mass is 79.9. The van der Waals surface area contributed by atoms with Crippen molar-refractivity contribution < 1.29 is 9.53 Å². The lowest BCUT2D eigenvalue weighted by Crippen LogP contribution is -2.07. The Bertz CT molecular complexity index is 366. The zero-order chi connectivity index (χ0) is 10.7. The Morgan fingerprint density at radius 1 is 1.43 bits per heavy atom. The van der Waals surface area contributed by atoms with E-state index in [0.717, 1.165) is 14.5 Å². The molecule has 0 heterocycles. The van der Waals surface area contributed by atoms with Gasteiger partial charge in [0, 0.05) is 14.5 Å². The third-order valence-corrected chi connectivity index (χ3v) is 3.23. The van der Waals surface area contributed by atoms with E-state index < -0.39 is 0 Å². The van der Waals surface area contributed by atoms with Crippen LogP contribution in [-0.4, -0.2) is 13.1 Å². The molecule has 2 N–H and O–H groups in total. The van der Waals surface area contributed by atoms with Crippen molar-refractivity contribution in [1.82, 2.24) is 0 Å². The maximum Gasteiger partial charge on any atom is 0.310 e. The van der Waals surface area contributed by atoms with Crippen molar-refractivity contribution >= 4 is 43.5 Å². The quantitative estimate of drug-likeness (QED) is 0.672. The number of ether oxygens (including phenoxy) is 1. The van der Waals surface area contributed by atoms with E-state index in [9.17, 15) is 4.79 Å². The summed E-state index contributed by atoms with van der Waals surface area (Å²) in [6.45, 7) is 0. The predicted octanol–water partition coefficient (Wildman–Crippen LogP) is 2.51. The minimum absolute atomic E-state index is 0.169. The molecule has 14 heavy (non-hydrogen) atoms. The number of anilines is 1. The molecule has 5 heteroatoms. The van der Waals surface area contributed by atoms with Gasteiger partial charge in [0.2, 0.25) is 0 Å². The fourth-order valence-corrected chi connectivity index (χ4v) is 1.86. The molecule has 0 saturated carbocycles. The second kappa shape index (κ2) is 4.79. The van der Waals surface area contributed by atoms with Gasteiger partial charge in [-0.3, -0.25) is 4.79 Å². The fourth-order valence-electron chi connectivity index (χ4n) is 1.01. The Morgan fingerprint density at radius 2 is 2.00 bits per heavy atom. The summed E-state index contributed by atoms with van der Waals surface area (Å²) in [6.07, 6.45) is 0.169. The van der Waals surface area contributed by atoms with Gasteiger partial charge in [-0.15, -0.1) is 0 Å². The van der Waals surface area contributed by atoms with E-state index in [1.165, 1.54) is 7.11 Å². The number of methoxy groups -OCH3 is 1. The van der Waals surface area contributed by atoms with Crippen molar-refractivity contribution in [2.45, 2.75) is 6.42 Å². The number of esters is 1. The molecule has 1 aromatic rings. The van der Waals surface area contributed by atoms with E-state index in [1.807, 2.05) is 12.1 Å². The van der Waals surface area contributed by atoms with Gasteiger partial charge in [0.05, 0.1) is 19.2 Å². The predicted molar refractivity (Wildman–Crippen MR) is 62.0 cm³/mol. The van der Waals surface area contributed by atoms with E-state index in [1.54, 1.807) is 0 Å². The first-order valence-corrected chi connectivity index (χ1v) is 5.44. The van der Waals surface area contributed by atoms with Gasteiger partial charge in [-0.05, 0) is 28.1 Å². The van der Waals surface area contributed by atoms with Gasteiger partial charge in [0.1, 0.15) is 0 Å². The van der Waals surface area contributed by atoms with Crippen molar-refractivity contribution in [2.24, 2.45) is 0 Å². The van der Waals surface area contributed by atoms with Crippen LogP contribution in [0.1, 0.15) is 5.56 Å². The number of nitrogen functional groups attached to an aromatic ring is 1. The molecule has 3 nitrogen and oxygen atoms in total. The Morgan fingerprint density at radius 3 is 2.57 bits per heavy atom. The van der Waals surface area contributed by atoms with Crippen LogP contribution in [0.15, 0.2) is 21.1 Å². The van der Waals surface area contributed by atoms with Crippen LogP contribution >= 0.6 is 31.9 Å². The summed E-state index contributed by atoms with van der Waals surface area (Å²) in [7, 11) is 1.35. The number of hydrogen-bond donors (Lipinski definition) is 1. The number of nitrogens with two attached hydrogens (primary N) is 1. The zero-order valence-electron chi connectivity index (χ0n) is 7.51. The standard InChI is InChI=1S/C9H9Br2NO2/c1-14-8(13)4-5-6(10)2-3-7(11)9(5)12/h2-3H,4,12H2,1H3. The molecule has 0 atom stereocenters. The minimum Gasteiger partial charge on any atom is -0.469 e. The maximum absolute atomic E-state index is 11.1. The third-order valence-electron chi connectivity index (χ3n) is 1.80. The summed E-state index contributed by atoms with van der Waals surface area (Å²) in [5, 5.41) is 0. The summed E-state index contributed by atoms with van der Waals surface area (Å²) < 4.78 is 6.16. The average Bonchev–Trinajstić information content (AvgIpc) is 2.18. The van der Waals surface area contributed by atoms with E-state index in [0.29, 0.717) is 5.69 Å². The zero-order valence-corrected chi connectivity index (χ0v) is 10.7. The summed E-state index contributed by atoms with van der Waals surface area (Å²) in [5.74, 6) is -0.310. The highest BCUT2D eigenvalue weighted by Gasteiger charge is 2.12. The number of benzene rings is 1. The SMILES string of the molecule is COC(=O)Cc1c(Br)ccc(Br)c1N. The van der Waals surface area contributed by atoms with E-state index in [-0.39, 0.29) is 12.4 Å². The molecule has 0 aromatic heterocycles. The fraction of sp³-hybridized carbons (Fsp3) is 0.222. The molecule has 0 saturated heterocycles. The molecule has 0 aliphatic carbocycles. The van der Waals surface area contributed by atoms with Crippen molar-refractivity contribution in [3.63, 3.8) is 0 Å². The number of hydrogen-bond acceptors (Lipinski definition) is 3. The molecular weight excluding hydrogens is 314 g/mol. The molecule has 0 unspecified atom stereocenters. The molecule has 1 rings (SSSR count). The first kappa shape index (κ1) is 11.5. The highest BCUT2D eigenvalue weighted by molar-refractivity contribution is 9.11. The number of halogens is 2. The Balaban J connectivity index is 3.06. The van der Waals surface area contributed by atoms with Crippen LogP contribution in [0.25, 0.3) is 0 Å². The monoisotopic (exact) mass is 321 g/mol. The van der Waals surface area contributed by atoms with Gasteiger partial charge < -0.3 is 10.5 Å². The first-order chi connectivity index (χ1) is 6.56. The summed E-state index contributed by atoms with van der Waals surface area (Å²) >= 11 is 6.62. The lowest BCUT2D eigenvalue weighted by molar-refractivity contribution is -0.139. The average molecular weight is 323 g/mol. The van der Waals surface area contributed by atoms with E-state index in [4.69, 9.17) is 5.73 Å². The van der Waals surface area contributed by atoms with Crippen LogP contribution in [0.4, 0.5) is 5.69 Å². The number of rotatable bonds is 2. The maximum atomic E-state index is 11.1. The lowest BCUT2D eigenvalue weighted by atomic mass is 10.1. The normalized spacial score (nSPS) is 9.93. The molecule has 0 spiro atoms. The molecule has 0 aliphatic rings. The Labute approximate surface area is 98.9 Å². The number of carbonyl (C=O) groups excluding carboxylic acids is 1. The second-order valence-corrected chi connectivity index (χ2v) is 4.38. The molecule has 0 bridgehead atoms. The molecule has 76 valence electrons. The summed E-state index contributed by atoms with van der Waals surface area (Å²) in [6, 6.07) is 3.65. The molecular formula is C9H9Br2NO2. The van der Waals surface area contributed by atoms with Gasteiger partial charge in [-0.25, -0.2) is 0 Å². The van der Waals surface area contributed by atoms with Crippen molar-refractivity contribution in [2.75, 3.05) is 12.8 Å². The third kappa shape index (κ3) is 2.48. The lowest BCUT2D eigenvalue weighted by Gasteiger charge is -2.08. The molecule has 0 aliphatic heterocycles. The van der Waals surface area contributed by atoms with Crippen LogP contribution in [0.5, 0.6) is 0 Å². The van der Waals surface area contributed by atoms with Gasteiger partial charge in [-0.2, -0.15) is 0 Å². The Kier molecular flexibility index (Phi) is 3.95. The Hall–Kier alpha value is -0.550. The van der Waals surface area contributed by atoms with Crippen LogP contribution < -0.4 is 5.73 Å². The molecule has 0 radical (unpaired) electrons. The van der Waals surface area contributed by atoms with Crippen LogP contribution in [0.2, 0.25) is 0 Å². The minimum atomic E-state index is -0.310. The second-order valence-electron chi connectivity index (χ2n) is 2.67. The summed E-state index contributed by atoms with van der Waals surface area (Å²) in [4.78, 5) is 11.1. The van der Waals surface area contributed by atoms with Gasteiger partial charge >= 0.3 is 5.97 Å². The smallest absolute Gasteiger partial charge is 0.310 e. The van der Waals surface area contributed by atoms with Crippen molar-refractivity contribution in [3.8, 4) is 0 Å².